The number of ether oxygens (including phenoxy) is 1. The van der Waals surface area contributed by atoms with E-state index in [1.165, 1.54) is 7.11 Å². The molecule has 0 fully saturated rings. The second kappa shape index (κ2) is 6.28. The second-order valence-electron chi connectivity index (χ2n) is 3.79. The number of hydrogen-bond donors (Lipinski definition) is 1. The molecule has 16 heavy (non-hydrogen) atoms. The number of rotatable bonds is 5. The van der Waals surface area contributed by atoms with E-state index in [1.807, 2.05) is 37.3 Å². The molecule has 0 aliphatic heterocycles. The molecule has 0 bridgehead atoms. The first kappa shape index (κ1) is 12.7. The summed E-state index contributed by atoms with van der Waals surface area (Å²) in [5.41, 5.74) is 1.03. The van der Waals surface area contributed by atoms with Crippen LogP contribution in [-0.2, 0) is 16.0 Å². The van der Waals surface area contributed by atoms with Crippen LogP contribution in [0.25, 0.3) is 0 Å². The zero-order valence-corrected chi connectivity index (χ0v) is 9.72. The van der Waals surface area contributed by atoms with Crippen LogP contribution in [0.2, 0.25) is 0 Å². The van der Waals surface area contributed by atoms with Crippen molar-refractivity contribution >= 4 is 5.97 Å². The Balaban J connectivity index is 2.75. The normalized spacial score (nSPS) is 14.2. The van der Waals surface area contributed by atoms with Gasteiger partial charge in [-0.15, -0.1) is 0 Å². The van der Waals surface area contributed by atoms with E-state index >= 15 is 0 Å². The van der Waals surface area contributed by atoms with Crippen molar-refractivity contribution in [1.82, 2.24) is 0 Å². The van der Waals surface area contributed by atoms with Crippen molar-refractivity contribution in [3.8, 4) is 0 Å². The summed E-state index contributed by atoms with van der Waals surface area (Å²) >= 11 is 0. The maximum atomic E-state index is 11.5. The molecule has 1 rings (SSSR count). The highest BCUT2D eigenvalue weighted by Crippen LogP contribution is 2.16. The summed E-state index contributed by atoms with van der Waals surface area (Å²) in [7, 11) is 1.35. The molecule has 2 atom stereocenters. The fourth-order valence-corrected chi connectivity index (χ4v) is 1.68. The Morgan fingerprint density at radius 1 is 1.38 bits per heavy atom. The van der Waals surface area contributed by atoms with E-state index < -0.39 is 12.0 Å². The highest BCUT2D eigenvalue weighted by Gasteiger charge is 2.26. The molecule has 0 heterocycles. The van der Waals surface area contributed by atoms with Gasteiger partial charge in [0, 0.05) is 0 Å². The van der Waals surface area contributed by atoms with Crippen molar-refractivity contribution in [1.29, 1.82) is 0 Å². The molecule has 0 aromatic heterocycles. The van der Waals surface area contributed by atoms with Gasteiger partial charge in [-0.05, 0) is 18.4 Å². The van der Waals surface area contributed by atoms with Gasteiger partial charge in [0.05, 0.1) is 19.1 Å². The highest BCUT2D eigenvalue weighted by atomic mass is 16.5. The summed E-state index contributed by atoms with van der Waals surface area (Å²) < 4.78 is 4.71. The Morgan fingerprint density at radius 3 is 2.50 bits per heavy atom. The summed E-state index contributed by atoms with van der Waals surface area (Å²) in [6.45, 7) is 1.85. The number of hydrogen-bond acceptors (Lipinski definition) is 3. The third-order valence-electron chi connectivity index (χ3n) is 2.69. The lowest BCUT2D eigenvalue weighted by atomic mass is 9.93. The van der Waals surface area contributed by atoms with Gasteiger partial charge in [0.25, 0.3) is 0 Å². The minimum Gasteiger partial charge on any atom is -0.469 e. The molecule has 1 N–H and O–H groups in total. The zero-order valence-electron chi connectivity index (χ0n) is 9.72. The first-order valence-electron chi connectivity index (χ1n) is 5.48. The van der Waals surface area contributed by atoms with E-state index in [1.54, 1.807) is 0 Å². The van der Waals surface area contributed by atoms with Crippen molar-refractivity contribution < 1.29 is 14.6 Å². The predicted molar refractivity (Wildman–Crippen MR) is 61.9 cm³/mol. The van der Waals surface area contributed by atoms with Gasteiger partial charge in [0.2, 0.25) is 0 Å². The Hall–Kier alpha value is -1.35. The third-order valence-corrected chi connectivity index (χ3v) is 2.69. The molecule has 1 aromatic carbocycles. The summed E-state index contributed by atoms with van der Waals surface area (Å²) in [6, 6.07) is 9.65. The third kappa shape index (κ3) is 3.35. The summed E-state index contributed by atoms with van der Waals surface area (Å²) in [5, 5.41) is 9.78. The fourth-order valence-electron chi connectivity index (χ4n) is 1.68. The van der Waals surface area contributed by atoms with Gasteiger partial charge in [-0.1, -0.05) is 37.3 Å². The number of aliphatic hydroxyl groups excluding tert-OH is 1. The van der Waals surface area contributed by atoms with Crippen LogP contribution in [0.1, 0.15) is 18.9 Å². The molecule has 3 nitrogen and oxygen atoms in total. The lowest BCUT2D eigenvalue weighted by Crippen LogP contribution is -2.30. The Labute approximate surface area is 96.1 Å². The second-order valence-corrected chi connectivity index (χ2v) is 3.79. The molecular formula is C13H18O3. The predicted octanol–water partition coefficient (Wildman–Crippen LogP) is 1.79. The van der Waals surface area contributed by atoms with Crippen LogP contribution < -0.4 is 0 Å². The van der Waals surface area contributed by atoms with E-state index in [9.17, 15) is 9.90 Å². The number of methoxy groups -OCH3 is 1. The van der Waals surface area contributed by atoms with Crippen molar-refractivity contribution in [2.45, 2.75) is 25.9 Å². The molecule has 0 spiro atoms. The van der Waals surface area contributed by atoms with Crippen molar-refractivity contribution in [3.63, 3.8) is 0 Å². The van der Waals surface area contributed by atoms with E-state index in [0.29, 0.717) is 12.8 Å². The lowest BCUT2D eigenvalue weighted by molar-refractivity contribution is -0.149. The van der Waals surface area contributed by atoms with Crippen LogP contribution in [0.4, 0.5) is 0 Å². The van der Waals surface area contributed by atoms with Gasteiger partial charge in [0.1, 0.15) is 0 Å². The molecule has 0 aliphatic rings. The molecule has 0 saturated carbocycles. The van der Waals surface area contributed by atoms with Gasteiger partial charge >= 0.3 is 5.97 Å². The quantitative estimate of drug-likeness (QED) is 0.773. The maximum absolute atomic E-state index is 11.5. The average Bonchev–Trinajstić information content (AvgIpc) is 2.35. The van der Waals surface area contributed by atoms with Crippen LogP contribution in [0.5, 0.6) is 0 Å². The van der Waals surface area contributed by atoms with Crippen LogP contribution >= 0.6 is 0 Å². The number of carbonyl (C=O) groups excluding carboxylic acids is 1. The van der Waals surface area contributed by atoms with Crippen LogP contribution in [-0.4, -0.2) is 24.3 Å². The van der Waals surface area contributed by atoms with E-state index in [-0.39, 0.29) is 5.97 Å². The molecule has 0 unspecified atom stereocenters. The van der Waals surface area contributed by atoms with Crippen molar-refractivity contribution in [2.75, 3.05) is 7.11 Å². The van der Waals surface area contributed by atoms with E-state index in [0.717, 1.165) is 5.56 Å². The topological polar surface area (TPSA) is 46.5 Å². The maximum Gasteiger partial charge on any atom is 0.311 e. The fraction of sp³-hybridized carbons (Fsp3) is 0.462. The highest BCUT2D eigenvalue weighted by molar-refractivity contribution is 5.73. The molecule has 1 aromatic rings. The molecule has 0 aliphatic carbocycles. The Morgan fingerprint density at radius 2 is 2.00 bits per heavy atom. The standard InChI is InChI=1S/C13H18O3/c1-3-12(14)11(13(15)16-2)9-10-7-5-4-6-8-10/h4-8,11-12,14H,3,9H2,1-2H3/t11-,12-/m1/s1. The monoisotopic (exact) mass is 222 g/mol. The van der Waals surface area contributed by atoms with E-state index in [4.69, 9.17) is 4.74 Å². The molecule has 0 amide bonds. The van der Waals surface area contributed by atoms with Crippen LogP contribution in [0.3, 0.4) is 0 Å². The first-order chi connectivity index (χ1) is 7.69. The average molecular weight is 222 g/mol. The lowest BCUT2D eigenvalue weighted by Gasteiger charge is -2.19. The smallest absolute Gasteiger partial charge is 0.311 e. The number of benzene rings is 1. The molecule has 88 valence electrons. The van der Waals surface area contributed by atoms with Gasteiger partial charge in [-0.25, -0.2) is 0 Å². The SMILES string of the molecule is CC[C@@H](O)[C@@H](Cc1ccccc1)C(=O)OC. The van der Waals surface area contributed by atoms with E-state index in [2.05, 4.69) is 0 Å². The summed E-state index contributed by atoms with van der Waals surface area (Å²) in [4.78, 5) is 11.5. The molecule has 3 heteroatoms. The summed E-state index contributed by atoms with van der Waals surface area (Å²) in [5.74, 6) is -0.824. The largest absolute Gasteiger partial charge is 0.469 e. The van der Waals surface area contributed by atoms with Crippen LogP contribution in [0.15, 0.2) is 30.3 Å². The van der Waals surface area contributed by atoms with Gasteiger partial charge in [-0.3, -0.25) is 4.79 Å². The van der Waals surface area contributed by atoms with Gasteiger partial charge < -0.3 is 9.84 Å². The van der Waals surface area contributed by atoms with Crippen molar-refractivity contribution in [3.05, 3.63) is 35.9 Å². The minimum atomic E-state index is -0.646. The van der Waals surface area contributed by atoms with Crippen molar-refractivity contribution in [2.24, 2.45) is 5.92 Å². The number of aliphatic hydroxyl groups is 1. The first-order valence-corrected chi connectivity index (χ1v) is 5.48. The van der Waals surface area contributed by atoms with Gasteiger partial charge in [-0.2, -0.15) is 0 Å². The number of esters is 1. The number of carbonyl (C=O) groups is 1. The Kier molecular flexibility index (Phi) is 4.99. The minimum absolute atomic E-state index is 0.349. The van der Waals surface area contributed by atoms with Crippen LogP contribution in [0, 0.1) is 5.92 Å². The molecular weight excluding hydrogens is 204 g/mol. The Bertz CT molecular complexity index is 321. The van der Waals surface area contributed by atoms with Gasteiger partial charge in [0.15, 0.2) is 0 Å². The summed E-state index contributed by atoms with van der Waals surface area (Å²) in [6.07, 6.45) is 0.419. The molecule has 0 radical (unpaired) electrons. The zero-order chi connectivity index (χ0) is 12.0. The molecule has 0 saturated heterocycles.